The lowest BCUT2D eigenvalue weighted by atomic mass is 10.1. The summed E-state index contributed by atoms with van der Waals surface area (Å²) in [6, 6.07) is 22.7. The minimum atomic E-state index is 0.855. The van der Waals surface area contributed by atoms with Crippen LogP contribution in [0.15, 0.2) is 85.5 Å². The highest BCUT2D eigenvalue weighted by Crippen LogP contribution is 2.33. The molecule has 0 radical (unpaired) electrons. The van der Waals surface area contributed by atoms with Crippen molar-refractivity contribution in [2.24, 2.45) is 0 Å². The minimum absolute atomic E-state index is 0.855. The van der Waals surface area contributed by atoms with Gasteiger partial charge in [-0.2, -0.15) is 0 Å². The molecule has 0 aliphatic carbocycles. The summed E-state index contributed by atoms with van der Waals surface area (Å²) >= 11 is 0. The molecule has 5 aromatic rings. The van der Waals surface area contributed by atoms with Crippen LogP contribution in [0.5, 0.6) is 0 Å². The van der Waals surface area contributed by atoms with E-state index in [2.05, 4.69) is 67.6 Å². The van der Waals surface area contributed by atoms with E-state index in [1.54, 1.807) is 0 Å². The molecule has 0 bridgehead atoms. The predicted molar refractivity (Wildman–Crippen MR) is 127 cm³/mol. The topological polar surface area (TPSA) is 69.7 Å². The Balaban J connectivity index is 1.47. The number of hydrogen-bond acceptors (Lipinski definition) is 5. The van der Waals surface area contributed by atoms with Crippen LogP contribution in [0.1, 0.15) is 0 Å². The van der Waals surface area contributed by atoms with Gasteiger partial charge in [0.25, 0.3) is 0 Å². The predicted octanol–water partition coefficient (Wildman–Crippen LogP) is 5.50. The zero-order valence-electron chi connectivity index (χ0n) is 17.4. The van der Waals surface area contributed by atoms with Crippen molar-refractivity contribution in [3.05, 3.63) is 85.5 Å². The summed E-state index contributed by atoms with van der Waals surface area (Å²) in [5, 5.41) is 3.50. The Hall–Kier alpha value is -4.19. The number of anilines is 3. The van der Waals surface area contributed by atoms with Crippen LogP contribution >= 0.6 is 0 Å². The summed E-state index contributed by atoms with van der Waals surface area (Å²) in [6.07, 6.45) is 5.17. The molecule has 2 N–H and O–H groups in total. The zero-order chi connectivity index (χ0) is 21.2. The monoisotopic (exact) mass is 406 g/mol. The fourth-order valence-electron chi connectivity index (χ4n) is 3.63. The summed E-state index contributed by atoms with van der Waals surface area (Å²) in [4.78, 5) is 18.5. The SMILES string of the molecule is CN(C)c1ccc(Nc2ccc(-c3cncnc3)cc2)cc1-c1nc2ccccc2[nH]1. The normalized spacial score (nSPS) is 10.9. The molecule has 0 aliphatic heterocycles. The summed E-state index contributed by atoms with van der Waals surface area (Å²) in [7, 11) is 4.08. The van der Waals surface area contributed by atoms with Crippen LogP contribution in [-0.2, 0) is 0 Å². The maximum atomic E-state index is 4.80. The van der Waals surface area contributed by atoms with Crippen molar-refractivity contribution in [1.29, 1.82) is 0 Å². The first kappa shape index (κ1) is 18.8. The average Bonchev–Trinajstić information content (AvgIpc) is 3.24. The Morgan fingerprint density at radius 3 is 2.29 bits per heavy atom. The van der Waals surface area contributed by atoms with E-state index in [-0.39, 0.29) is 0 Å². The lowest BCUT2D eigenvalue weighted by Crippen LogP contribution is -2.10. The largest absolute Gasteiger partial charge is 0.377 e. The number of hydrogen-bond donors (Lipinski definition) is 2. The second-order valence-corrected chi connectivity index (χ2v) is 7.56. The minimum Gasteiger partial charge on any atom is -0.377 e. The Kier molecular flexibility index (Phi) is 4.80. The van der Waals surface area contributed by atoms with Crippen molar-refractivity contribution >= 4 is 28.1 Å². The van der Waals surface area contributed by atoms with E-state index < -0.39 is 0 Å². The van der Waals surface area contributed by atoms with Gasteiger partial charge in [-0.05, 0) is 48.0 Å². The van der Waals surface area contributed by atoms with Gasteiger partial charge in [0, 0.05) is 54.7 Å². The van der Waals surface area contributed by atoms with Gasteiger partial charge in [-0.15, -0.1) is 0 Å². The number of rotatable bonds is 5. The molecule has 2 aromatic heterocycles. The summed E-state index contributed by atoms with van der Waals surface area (Å²) < 4.78 is 0. The first-order valence-corrected chi connectivity index (χ1v) is 10.1. The number of para-hydroxylation sites is 2. The van der Waals surface area contributed by atoms with Gasteiger partial charge >= 0.3 is 0 Å². The third-order valence-corrected chi connectivity index (χ3v) is 5.19. The molecule has 0 unspecified atom stereocenters. The van der Waals surface area contributed by atoms with Crippen molar-refractivity contribution in [1.82, 2.24) is 19.9 Å². The van der Waals surface area contributed by atoms with Crippen molar-refractivity contribution in [3.8, 4) is 22.5 Å². The van der Waals surface area contributed by atoms with E-state index in [1.807, 2.05) is 50.8 Å². The van der Waals surface area contributed by atoms with Gasteiger partial charge in [-0.3, -0.25) is 0 Å². The molecule has 0 saturated carbocycles. The molecular formula is C25H22N6. The molecule has 5 rings (SSSR count). The van der Waals surface area contributed by atoms with Crippen LogP contribution in [0.4, 0.5) is 17.1 Å². The highest BCUT2D eigenvalue weighted by atomic mass is 15.1. The Morgan fingerprint density at radius 2 is 1.55 bits per heavy atom. The van der Waals surface area contributed by atoms with Crippen LogP contribution in [0.25, 0.3) is 33.5 Å². The van der Waals surface area contributed by atoms with Crippen LogP contribution in [-0.4, -0.2) is 34.0 Å². The number of imidazole rings is 1. The van der Waals surface area contributed by atoms with Crippen LogP contribution in [0, 0.1) is 0 Å². The lowest BCUT2D eigenvalue weighted by Gasteiger charge is -2.18. The third-order valence-electron chi connectivity index (χ3n) is 5.19. The van der Waals surface area contributed by atoms with Gasteiger partial charge in [-0.25, -0.2) is 15.0 Å². The highest BCUT2D eigenvalue weighted by Gasteiger charge is 2.13. The molecule has 0 amide bonds. The molecule has 3 aromatic carbocycles. The molecule has 6 nitrogen and oxygen atoms in total. The Bertz CT molecular complexity index is 1290. The van der Waals surface area contributed by atoms with Crippen molar-refractivity contribution in [2.75, 3.05) is 24.3 Å². The standard InChI is InChI=1S/C25H22N6/c1-31(2)24-12-11-20(13-21(24)25-29-22-5-3-4-6-23(22)30-25)28-19-9-7-17(8-10-19)18-14-26-16-27-15-18/h3-16,28H,1-2H3,(H,29,30). The van der Waals surface area contributed by atoms with Crippen LogP contribution < -0.4 is 10.2 Å². The van der Waals surface area contributed by atoms with E-state index in [4.69, 9.17) is 4.98 Å². The zero-order valence-corrected chi connectivity index (χ0v) is 17.4. The quantitative estimate of drug-likeness (QED) is 0.403. The first-order valence-electron chi connectivity index (χ1n) is 10.1. The van der Waals surface area contributed by atoms with Gasteiger partial charge in [0.2, 0.25) is 0 Å². The molecule has 152 valence electrons. The molecule has 0 saturated heterocycles. The fraction of sp³-hybridized carbons (Fsp3) is 0.0800. The number of nitrogens with one attached hydrogen (secondary N) is 2. The van der Waals surface area contributed by atoms with Crippen LogP contribution in [0.3, 0.4) is 0 Å². The first-order chi connectivity index (χ1) is 15.2. The molecule has 0 aliphatic rings. The number of aromatic nitrogens is 4. The Labute approximate surface area is 180 Å². The van der Waals surface area contributed by atoms with E-state index >= 15 is 0 Å². The molecule has 31 heavy (non-hydrogen) atoms. The van der Waals surface area contributed by atoms with Crippen LogP contribution in [0.2, 0.25) is 0 Å². The second-order valence-electron chi connectivity index (χ2n) is 7.56. The van der Waals surface area contributed by atoms with E-state index in [1.165, 1.54) is 6.33 Å². The molecule has 2 heterocycles. The molecular weight excluding hydrogens is 384 g/mol. The van der Waals surface area contributed by atoms with Gasteiger partial charge < -0.3 is 15.2 Å². The average molecular weight is 406 g/mol. The van der Waals surface area contributed by atoms with E-state index in [0.29, 0.717) is 0 Å². The summed E-state index contributed by atoms with van der Waals surface area (Å²) in [5.74, 6) is 0.855. The second kappa shape index (κ2) is 7.91. The number of benzene rings is 3. The summed E-state index contributed by atoms with van der Waals surface area (Å²) in [5.41, 5.74) is 8.22. The number of H-pyrrole nitrogens is 1. The molecule has 0 fully saturated rings. The smallest absolute Gasteiger partial charge is 0.140 e. The maximum Gasteiger partial charge on any atom is 0.140 e. The van der Waals surface area contributed by atoms with E-state index in [9.17, 15) is 0 Å². The van der Waals surface area contributed by atoms with Gasteiger partial charge in [0.1, 0.15) is 12.2 Å². The highest BCUT2D eigenvalue weighted by molar-refractivity contribution is 5.85. The van der Waals surface area contributed by atoms with Gasteiger partial charge in [-0.1, -0.05) is 24.3 Å². The van der Waals surface area contributed by atoms with Crippen molar-refractivity contribution in [2.45, 2.75) is 0 Å². The molecule has 0 spiro atoms. The van der Waals surface area contributed by atoms with Crippen molar-refractivity contribution in [3.63, 3.8) is 0 Å². The molecule has 0 atom stereocenters. The number of nitrogens with zero attached hydrogens (tertiary/aromatic N) is 4. The van der Waals surface area contributed by atoms with E-state index in [0.717, 1.165) is 50.6 Å². The Morgan fingerprint density at radius 1 is 0.806 bits per heavy atom. The third kappa shape index (κ3) is 3.83. The molecule has 6 heteroatoms. The van der Waals surface area contributed by atoms with Crippen molar-refractivity contribution < 1.29 is 0 Å². The summed E-state index contributed by atoms with van der Waals surface area (Å²) in [6.45, 7) is 0. The van der Waals surface area contributed by atoms with Gasteiger partial charge in [0.05, 0.1) is 11.0 Å². The number of fused-ring (bicyclic) bond motifs is 1. The van der Waals surface area contributed by atoms with Gasteiger partial charge in [0.15, 0.2) is 0 Å². The lowest BCUT2D eigenvalue weighted by molar-refractivity contribution is 1.13. The fourth-order valence-corrected chi connectivity index (χ4v) is 3.63. The maximum absolute atomic E-state index is 4.80. The number of aromatic amines is 1.